The van der Waals surface area contributed by atoms with Crippen LogP contribution in [0.3, 0.4) is 0 Å². The van der Waals surface area contributed by atoms with Gasteiger partial charge in [-0.15, -0.1) is 0 Å². The molecule has 0 fully saturated rings. The molecule has 6 rings (SSSR count). The third-order valence-electron chi connectivity index (χ3n) is 5.91. The second-order valence-electron chi connectivity index (χ2n) is 9.00. The van der Waals surface area contributed by atoms with Crippen LogP contribution < -0.4 is 4.90 Å². The predicted molar refractivity (Wildman–Crippen MR) is 140 cm³/mol. The van der Waals surface area contributed by atoms with Crippen molar-refractivity contribution in [3.8, 4) is 0 Å². The molecule has 0 aliphatic rings. The number of hydrogen-bond acceptors (Lipinski definition) is 2. The van der Waals surface area contributed by atoms with Crippen molar-refractivity contribution in [2.75, 3.05) is 4.90 Å². The number of fused-ring (bicyclic) bond motifs is 6. The Kier molecular flexibility index (Phi) is 4.30. The molecule has 0 radical (unpaired) electrons. The molecule has 2 heterocycles. The first-order chi connectivity index (χ1) is 15.0. The van der Waals surface area contributed by atoms with Gasteiger partial charge < -0.3 is 0 Å². The quantitative estimate of drug-likeness (QED) is 0.223. The molecule has 0 amide bonds. The van der Waals surface area contributed by atoms with Gasteiger partial charge in [-0.25, -0.2) is 0 Å². The first-order valence-electron chi connectivity index (χ1n) is 10.6. The molecule has 2 aromatic heterocycles. The Morgan fingerprint density at radius 3 is 2.03 bits per heavy atom. The van der Waals surface area contributed by atoms with Crippen LogP contribution in [0, 0.1) is 0 Å². The average Bonchev–Trinajstić information content (AvgIpc) is 3.32. The zero-order chi connectivity index (χ0) is 21.2. The van der Waals surface area contributed by atoms with Crippen molar-refractivity contribution in [1.82, 2.24) is 0 Å². The van der Waals surface area contributed by atoms with Crippen LogP contribution in [0.4, 0.5) is 11.4 Å². The summed E-state index contributed by atoms with van der Waals surface area (Å²) in [5, 5.41) is 5.55. The van der Waals surface area contributed by atoms with E-state index in [4.69, 9.17) is 0 Å². The van der Waals surface area contributed by atoms with Gasteiger partial charge >= 0.3 is 193 Å². The van der Waals surface area contributed by atoms with Crippen molar-refractivity contribution in [1.29, 1.82) is 0 Å². The zero-order valence-corrected chi connectivity index (χ0v) is 20.4. The summed E-state index contributed by atoms with van der Waals surface area (Å²) >= 11 is 2.26. The van der Waals surface area contributed by atoms with E-state index in [9.17, 15) is 0 Å². The minimum absolute atomic E-state index is 0.0724. The molecule has 6 aromatic rings. The van der Waals surface area contributed by atoms with Crippen molar-refractivity contribution in [3.63, 3.8) is 0 Å². The maximum atomic E-state index is 2.57. The van der Waals surface area contributed by atoms with Gasteiger partial charge in [-0.3, -0.25) is 0 Å². The van der Waals surface area contributed by atoms with E-state index in [2.05, 4.69) is 111 Å². The van der Waals surface area contributed by atoms with Crippen LogP contribution in [0.15, 0.2) is 84.9 Å². The first-order valence-corrected chi connectivity index (χ1v) is 13.2. The molecule has 3 heteroatoms. The summed E-state index contributed by atoms with van der Waals surface area (Å²) in [5.74, 6) is 0. The van der Waals surface area contributed by atoms with Crippen molar-refractivity contribution >= 4 is 76.7 Å². The predicted octanol–water partition coefficient (Wildman–Crippen LogP) is 8.35. The number of anilines is 2. The first kappa shape index (κ1) is 19.1. The van der Waals surface area contributed by atoms with Crippen molar-refractivity contribution in [3.05, 3.63) is 84.9 Å². The molecule has 0 unspecified atom stereocenters. The van der Waals surface area contributed by atoms with E-state index >= 15 is 0 Å². The average molecular weight is 485 g/mol. The fraction of sp³-hybridized carbons (Fsp3) is 0.143. The molecule has 0 N–H and O–H groups in total. The molecular formula is C28H23NSSe. The van der Waals surface area contributed by atoms with Crippen molar-refractivity contribution in [2.24, 2.45) is 0 Å². The molecule has 0 spiro atoms. The van der Waals surface area contributed by atoms with Crippen molar-refractivity contribution < 1.29 is 0 Å². The third-order valence-corrected chi connectivity index (χ3v) is 9.43. The standard InChI is InChI=1S/C28H23NSSe/c1-28(2,3)29(20-12-8-15-23-26(20)18-10-4-6-14-22(18)30-23)21-13-9-17-25-27(21)19-11-5-7-16-24(19)31-25/h4-17H,1-3H3. The molecule has 31 heavy (non-hydrogen) atoms. The molecule has 0 saturated heterocycles. The second kappa shape index (κ2) is 6.97. The van der Waals surface area contributed by atoms with E-state index in [0.717, 1.165) is 0 Å². The van der Waals surface area contributed by atoms with E-state index in [1.807, 2.05) is 11.3 Å². The van der Waals surface area contributed by atoms with Gasteiger partial charge in [-0.2, -0.15) is 0 Å². The van der Waals surface area contributed by atoms with Gasteiger partial charge in [0, 0.05) is 0 Å². The summed E-state index contributed by atoms with van der Waals surface area (Å²) in [7, 11) is 0. The normalized spacial score (nSPS) is 12.4. The van der Waals surface area contributed by atoms with E-state index in [1.165, 1.54) is 50.8 Å². The summed E-state index contributed by atoms with van der Waals surface area (Å²) in [6.45, 7) is 6.98. The fourth-order valence-corrected chi connectivity index (χ4v) is 8.23. The van der Waals surface area contributed by atoms with E-state index in [1.54, 1.807) is 0 Å². The van der Waals surface area contributed by atoms with Gasteiger partial charge in [-0.05, 0) is 0 Å². The van der Waals surface area contributed by atoms with Gasteiger partial charge in [0.2, 0.25) is 0 Å². The molecule has 0 aliphatic heterocycles. The molecule has 0 atom stereocenters. The Labute approximate surface area is 192 Å². The fourth-order valence-electron chi connectivity index (χ4n) is 4.74. The van der Waals surface area contributed by atoms with Crippen molar-refractivity contribution in [2.45, 2.75) is 26.3 Å². The number of thiophene rings is 1. The molecule has 4 aromatic carbocycles. The minimum atomic E-state index is -0.0724. The van der Waals surface area contributed by atoms with Gasteiger partial charge in [-0.1, -0.05) is 0 Å². The molecule has 0 aliphatic carbocycles. The van der Waals surface area contributed by atoms with Gasteiger partial charge in [0.15, 0.2) is 0 Å². The monoisotopic (exact) mass is 485 g/mol. The van der Waals surface area contributed by atoms with Crippen LogP contribution in [0.25, 0.3) is 39.5 Å². The van der Waals surface area contributed by atoms with Crippen LogP contribution in [0.1, 0.15) is 20.8 Å². The number of nitrogens with zero attached hydrogens (tertiary/aromatic N) is 1. The van der Waals surface area contributed by atoms with Crippen LogP contribution in [-0.4, -0.2) is 20.0 Å². The Morgan fingerprint density at radius 2 is 1.23 bits per heavy atom. The summed E-state index contributed by atoms with van der Waals surface area (Å²) < 4.78 is 5.68. The van der Waals surface area contributed by atoms with Crippen LogP contribution >= 0.6 is 11.3 Å². The second-order valence-corrected chi connectivity index (χ2v) is 12.4. The summed E-state index contributed by atoms with van der Waals surface area (Å²) in [4.78, 5) is 2.57. The molecule has 1 nitrogen and oxygen atoms in total. The number of hydrogen-bond donors (Lipinski definition) is 0. The Morgan fingerprint density at radius 1 is 0.613 bits per heavy atom. The van der Waals surface area contributed by atoms with Crippen LogP contribution in [0.5, 0.6) is 0 Å². The Bertz CT molecular complexity index is 1470. The summed E-state index contributed by atoms with van der Waals surface area (Å²) in [6, 6.07) is 31.4. The summed E-state index contributed by atoms with van der Waals surface area (Å²) in [5.41, 5.74) is 2.55. The number of rotatable bonds is 2. The maximum absolute atomic E-state index is 2.57. The molecule has 152 valence electrons. The molecule has 0 bridgehead atoms. The molecular weight excluding hydrogens is 461 g/mol. The van der Waals surface area contributed by atoms with Gasteiger partial charge in [0.05, 0.1) is 0 Å². The van der Waals surface area contributed by atoms with Gasteiger partial charge in [0.25, 0.3) is 0 Å². The van der Waals surface area contributed by atoms with Gasteiger partial charge in [0.1, 0.15) is 0 Å². The van der Waals surface area contributed by atoms with Crippen LogP contribution in [0.2, 0.25) is 0 Å². The summed E-state index contributed by atoms with van der Waals surface area (Å²) in [6.07, 6.45) is 0. The van der Waals surface area contributed by atoms with E-state index < -0.39 is 0 Å². The number of benzene rings is 4. The Hall–Kier alpha value is -2.58. The molecule has 0 saturated carbocycles. The third kappa shape index (κ3) is 2.96. The SMILES string of the molecule is CC(C)(C)N(c1cccc2sc3ccccc3c12)c1cccc2[se]c3ccccc3c12. The Balaban J connectivity index is 1.74. The topological polar surface area (TPSA) is 3.24 Å². The van der Waals surface area contributed by atoms with E-state index in [0.29, 0.717) is 14.5 Å². The van der Waals surface area contributed by atoms with Crippen LogP contribution in [-0.2, 0) is 0 Å². The van der Waals surface area contributed by atoms with E-state index in [-0.39, 0.29) is 5.54 Å². The zero-order valence-electron chi connectivity index (χ0n) is 17.8.